The Morgan fingerprint density at radius 2 is 2.29 bits per heavy atom. The minimum Gasteiger partial charge on any atom is -0.296 e. The van der Waals surface area contributed by atoms with Gasteiger partial charge in [-0.2, -0.15) is 5.10 Å². The van der Waals surface area contributed by atoms with Gasteiger partial charge in [-0.05, 0) is 24.6 Å². The molecule has 0 radical (unpaired) electrons. The Bertz CT molecular complexity index is 448. The van der Waals surface area contributed by atoms with Crippen molar-refractivity contribution in [2.24, 2.45) is 0 Å². The van der Waals surface area contributed by atoms with Gasteiger partial charge in [-0.3, -0.25) is 4.79 Å². The molecule has 0 unspecified atom stereocenters. The Balaban J connectivity index is 2.57. The van der Waals surface area contributed by atoms with E-state index in [2.05, 4.69) is 10.1 Å². The van der Waals surface area contributed by atoms with E-state index in [9.17, 15) is 4.79 Å². The molecule has 4 heteroatoms. The Morgan fingerprint density at radius 3 is 2.93 bits per heavy atom. The van der Waals surface area contributed by atoms with Crippen LogP contribution in [0.3, 0.4) is 0 Å². The Hall–Kier alpha value is -1.97. The quantitative estimate of drug-likeness (QED) is 0.667. The molecule has 0 amide bonds. The van der Waals surface area contributed by atoms with Crippen LogP contribution in [0, 0.1) is 6.92 Å². The van der Waals surface area contributed by atoms with Crippen LogP contribution in [0.5, 0.6) is 0 Å². The molecule has 0 bridgehead atoms. The lowest BCUT2D eigenvalue weighted by molar-refractivity contribution is 0.111. The first-order valence-corrected chi connectivity index (χ1v) is 4.24. The molecule has 2 aromatic heterocycles. The van der Waals surface area contributed by atoms with Crippen LogP contribution >= 0.6 is 0 Å². The van der Waals surface area contributed by atoms with Crippen molar-refractivity contribution in [1.82, 2.24) is 14.8 Å². The average molecular weight is 187 g/mol. The number of hydrogen-bond acceptors (Lipinski definition) is 3. The highest BCUT2D eigenvalue weighted by molar-refractivity contribution is 5.72. The lowest BCUT2D eigenvalue weighted by Gasteiger charge is -2.04. The molecule has 4 nitrogen and oxygen atoms in total. The van der Waals surface area contributed by atoms with Gasteiger partial charge in [-0.1, -0.05) is 6.07 Å². The van der Waals surface area contributed by atoms with E-state index in [1.165, 1.54) is 0 Å². The van der Waals surface area contributed by atoms with Crippen LogP contribution in [0.4, 0.5) is 0 Å². The van der Waals surface area contributed by atoms with Crippen molar-refractivity contribution in [3.8, 4) is 5.82 Å². The molecule has 0 saturated carbocycles. The second kappa shape index (κ2) is 3.41. The normalized spacial score (nSPS) is 10.1. The summed E-state index contributed by atoms with van der Waals surface area (Å²) < 4.78 is 1.64. The number of carbonyl (C=O) groups is 1. The summed E-state index contributed by atoms with van der Waals surface area (Å²) in [6.07, 6.45) is 4.20. The van der Waals surface area contributed by atoms with Crippen LogP contribution < -0.4 is 0 Å². The number of carbonyl (C=O) groups excluding carboxylic acids is 1. The number of aldehydes is 1. The average Bonchev–Trinajstić information content (AvgIpc) is 2.71. The van der Waals surface area contributed by atoms with E-state index in [0.717, 1.165) is 11.8 Å². The third kappa shape index (κ3) is 1.42. The lowest BCUT2D eigenvalue weighted by atomic mass is 10.2. The minimum absolute atomic E-state index is 0.418. The molecule has 0 atom stereocenters. The second-order valence-electron chi connectivity index (χ2n) is 2.95. The minimum atomic E-state index is 0.418. The Kier molecular flexibility index (Phi) is 2.10. The summed E-state index contributed by atoms with van der Waals surface area (Å²) in [6, 6.07) is 5.36. The zero-order valence-corrected chi connectivity index (χ0v) is 7.71. The summed E-state index contributed by atoms with van der Waals surface area (Å²) in [7, 11) is 0. The van der Waals surface area contributed by atoms with Gasteiger partial charge in [0.1, 0.15) is 5.69 Å². The molecule has 0 aliphatic carbocycles. The van der Waals surface area contributed by atoms with E-state index in [0.29, 0.717) is 11.5 Å². The highest BCUT2D eigenvalue weighted by Gasteiger charge is 2.03. The molecule has 2 aromatic rings. The summed E-state index contributed by atoms with van der Waals surface area (Å²) in [6.45, 7) is 1.93. The summed E-state index contributed by atoms with van der Waals surface area (Å²) in [4.78, 5) is 14.7. The second-order valence-corrected chi connectivity index (χ2v) is 2.95. The molecule has 0 saturated heterocycles. The summed E-state index contributed by atoms with van der Waals surface area (Å²) in [5.74, 6) is 0.694. The van der Waals surface area contributed by atoms with Gasteiger partial charge in [0.2, 0.25) is 0 Å². The van der Waals surface area contributed by atoms with Crippen molar-refractivity contribution in [2.45, 2.75) is 6.92 Å². The maximum Gasteiger partial charge on any atom is 0.168 e. The zero-order valence-electron chi connectivity index (χ0n) is 7.71. The van der Waals surface area contributed by atoms with Crippen molar-refractivity contribution >= 4 is 6.29 Å². The largest absolute Gasteiger partial charge is 0.296 e. The summed E-state index contributed by atoms with van der Waals surface area (Å²) in [5.41, 5.74) is 1.40. The van der Waals surface area contributed by atoms with Crippen LogP contribution in [0.1, 0.15) is 16.1 Å². The van der Waals surface area contributed by atoms with Gasteiger partial charge >= 0.3 is 0 Å². The van der Waals surface area contributed by atoms with Gasteiger partial charge in [-0.15, -0.1) is 0 Å². The molecule has 14 heavy (non-hydrogen) atoms. The molecular weight excluding hydrogens is 178 g/mol. The third-order valence-corrected chi connectivity index (χ3v) is 1.93. The highest BCUT2D eigenvalue weighted by Crippen LogP contribution is 2.09. The predicted molar refractivity (Wildman–Crippen MR) is 51.5 cm³/mol. The zero-order chi connectivity index (χ0) is 9.97. The molecule has 0 spiro atoms. The van der Waals surface area contributed by atoms with Gasteiger partial charge in [0.25, 0.3) is 0 Å². The topological polar surface area (TPSA) is 47.8 Å². The lowest BCUT2D eigenvalue weighted by Crippen LogP contribution is -2.02. The van der Waals surface area contributed by atoms with Crippen LogP contribution in [-0.4, -0.2) is 21.1 Å². The molecule has 0 fully saturated rings. The molecule has 2 heterocycles. The standard InChI is InChI=1S/C10H9N3O/c1-8-3-4-9(7-14)12-10(8)13-6-2-5-11-13/h2-7H,1H3. The number of rotatable bonds is 2. The maximum atomic E-state index is 10.5. The molecule has 70 valence electrons. The first kappa shape index (κ1) is 8.62. The van der Waals surface area contributed by atoms with Crippen LogP contribution in [-0.2, 0) is 0 Å². The van der Waals surface area contributed by atoms with Gasteiger partial charge in [0, 0.05) is 12.4 Å². The number of aromatic nitrogens is 3. The molecule has 0 N–H and O–H groups in total. The first-order chi connectivity index (χ1) is 6.81. The van der Waals surface area contributed by atoms with E-state index < -0.39 is 0 Å². The molecule has 0 aromatic carbocycles. The number of hydrogen-bond donors (Lipinski definition) is 0. The summed E-state index contributed by atoms with van der Waals surface area (Å²) in [5, 5.41) is 4.06. The Morgan fingerprint density at radius 1 is 1.43 bits per heavy atom. The fraction of sp³-hybridized carbons (Fsp3) is 0.100. The van der Waals surface area contributed by atoms with Crippen LogP contribution in [0.25, 0.3) is 5.82 Å². The van der Waals surface area contributed by atoms with Crippen molar-refractivity contribution in [2.75, 3.05) is 0 Å². The molecular formula is C10H9N3O. The fourth-order valence-corrected chi connectivity index (χ4v) is 1.22. The van der Waals surface area contributed by atoms with Crippen LogP contribution in [0.2, 0.25) is 0 Å². The SMILES string of the molecule is Cc1ccc(C=O)nc1-n1cccn1. The van der Waals surface area contributed by atoms with Gasteiger partial charge in [-0.25, -0.2) is 9.67 Å². The molecule has 0 aliphatic heterocycles. The number of aryl methyl sites for hydroxylation is 1. The molecule has 0 aliphatic rings. The van der Waals surface area contributed by atoms with Gasteiger partial charge in [0.15, 0.2) is 12.1 Å². The van der Waals surface area contributed by atoms with E-state index >= 15 is 0 Å². The van der Waals surface area contributed by atoms with E-state index in [4.69, 9.17) is 0 Å². The van der Waals surface area contributed by atoms with E-state index in [1.807, 2.05) is 19.1 Å². The first-order valence-electron chi connectivity index (χ1n) is 4.24. The third-order valence-electron chi connectivity index (χ3n) is 1.93. The number of pyridine rings is 1. The smallest absolute Gasteiger partial charge is 0.168 e. The maximum absolute atomic E-state index is 10.5. The Labute approximate surface area is 81.2 Å². The monoisotopic (exact) mass is 187 g/mol. The fourth-order valence-electron chi connectivity index (χ4n) is 1.22. The van der Waals surface area contributed by atoms with Crippen molar-refractivity contribution in [3.05, 3.63) is 41.9 Å². The number of nitrogens with zero attached hydrogens (tertiary/aromatic N) is 3. The van der Waals surface area contributed by atoms with Crippen molar-refractivity contribution < 1.29 is 4.79 Å². The van der Waals surface area contributed by atoms with Gasteiger partial charge in [0.05, 0.1) is 0 Å². The molecule has 2 rings (SSSR count). The van der Waals surface area contributed by atoms with E-state index in [1.54, 1.807) is 23.1 Å². The summed E-state index contributed by atoms with van der Waals surface area (Å²) >= 11 is 0. The van der Waals surface area contributed by atoms with Gasteiger partial charge < -0.3 is 0 Å². The predicted octanol–water partition coefficient (Wildman–Crippen LogP) is 1.39. The van der Waals surface area contributed by atoms with Crippen LogP contribution in [0.15, 0.2) is 30.6 Å². The van der Waals surface area contributed by atoms with Crippen molar-refractivity contribution in [1.29, 1.82) is 0 Å². The van der Waals surface area contributed by atoms with Crippen molar-refractivity contribution in [3.63, 3.8) is 0 Å². The van der Waals surface area contributed by atoms with E-state index in [-0.39, 0.29) is 0 Å². The highest BCUT2D eigenvalue weighted by atomic mass is 16.1.